The number of aromatic nitrogens is 5. The molecule has 7 heteroatoms. The maximum absolute atomic E-state index is 6.32. The minimum absolute atomic E-state index is 0.127. The lowest BCUT2D eigenvalue weighted by Crippen LogP contribution is -2.10. The van der Waals surface area contributed by atoms with Gasteiger partial charge >= 0.3 is 0 Å². The van der Waals surface area contributed by atoms with Crippen LogP contribution in [0.5, 0.6) is 0 Å². The minimum Gasteiger partial charge on any atom is -0.311 e. The summed E-state index contributed by atoms with van der Waals surface area (Å²) in [5.74, 6) is 0.907. The molecule has 21 heavy (non-hydrogen) atoms. The number of hydrogen-bond acceptors (Lipinski definition) is 4. The molecule has 0 bridgehead atoms. The highest BCUT2D eigenvalue weighted by atomic mass is 35.5. The molecule has 3 heterocycles. The molecule has 0 saturated heterocycles. The molecule has 1 atom stereocenters. The molecule has 0 fully saturated rings. The number of imidazole rings is 1. The van der Waals surface area contributed by atoms with Crippen LogP contribution in [0.3, 0.4) is 0 Å². The monoisotopic (exact) mass is 323 g/mol. The summed E-state index contributed by atoms with van der Waals surface area (Å²) in [7, 11) is 1.96. The largest absolute Gasteiger partial charge is 0.311 e. The molecular weight excluding hydrogens is 306 g/mol. The van der Waals surface area contributed by atoms with Gasteiger partial charge in [0.05, 0.1) is 22.3 Å². The standard InChI is InChI=1S/C14H18ClN5S/c1-4-11-12-14(19(3)18-11)20(13(17-12)9(2)15)6-5-10-7-21-8-16-10/h7-9H,4-6H2,1-3H3. The van der Waals surface area contributed by atoms with E-state index in [1.54, 1.807) is 11.3 Å². The van der Waals surface area contributed by atoms with E-state index < -0.39 is 0 Å². The van der Waals surface area contributed by atoms with Gasteiger partial charge in [0.25, 0.3) is 0 Å². The van der Waals surface area contributed by atoms with Gasteiger partial charge in [0.15, 0.2) is 5.65 Å². The van der Waals surface area contributed by atoms with E-state index in [2.05, 4.69) is 27.0 Å². The average Bonchev–Trinajstić information content (AvgIpc) is 3.13. The Balaban J connectivity index is 2.05. The van der Waals surface area contributed by atoms with Crippen molar-refractivity contribution in [2.75, 3.05) is 0 Å². The molecule has 0 aliphatic heterocycles. The third-order valence-corrected chi connectivity index (χ3v) is 4.42. The second kappa shape index (κ2) is 5.77. The molecule has 1 unspecified atom stereocenters. The normalized spacial score (nSPS) is 13.1. The van der Waals surface area contributed by atoms with E-state index in [0.29, 0.717) is 0 Å². The number of rotatable bonds is 5. The molecular formula is C14H18ClN5S. The fourth-order valence-electron chi connectivity index (χ4n) is 2.61. The van der Waals surface area contributed by atoms with Crippen molar-refractivity contribution in [1.82, 2.24) is 24.3 Å². The van der Waals surface area contributed by atoms with Gasteiger partial charge in [-0.1, -0.05) is 6.92 Å². The van der Waals surface area contributed by atoms with Gasteiger partial charge in [-0.25, -0.2) is 9.97 Å². The number of alkyl halides is 1. The van der Waals surface area contributed by atoms with Crippen LogP contribution in [0.15, 0.2) is 10.9 Å². The molecule has 3 rings (SSSR count). The molecule has 0 aromatic carbocycles. The van der Waals surface area contributed by atoms with Crippen LogP contribution in [0.4, 0.5) is 0 Å². The Morgan fingerprint density at radius 2 is 2.24 bits per heavy atom. The van der Waals surface area contributed by atoms with Crippen LogP contribution in [0.25, 0.3) is 11.2 Å². The molecule has 5 nitrogen and oxygen atoms in total. The van der Waals surface area contributed by atoms with Crippen molar-refractivity contribution in [1.29, 1.82) is 0 Å². The number of aryl methyl sites for hydroxylation is 4. The zero-order valence-electron chi connectivity index (χ0n) is 12.4. The third-order valence-electron chi connectivity index (χ3n) is 3.59. The molecule has 0 aliphatic carbocycles. The van der Waals surface area contributed by atoms with E-state index in [4.69, 9.17) is 16.6 Å². The Morgan fingerprint density at radius 1 is 1.43 bits per heavy atom. The van der Waals surface area contributed by atoms with Gasteiger partial charge < -0.3 is 4.57 Å². The van der Waals surface area contributed by atoms with Crippen molar-refractivity contribution in [2.24, 2.45) is 7.05 Å². The first-order chi connectivity index (χ1) is 10.1. The van der Waals surface area contributed by atoms with Crippen LogP contribution >= 0.6 is 22.9 Å². The Labute approximate surface area is 132 Å². The van der Waals surface area contributed by atoms with Crippen LogP contribution in [0, 0.1) is 0 Å². The maximum Gasteiger partial charge on any atom is 0.158 e. The van der Waals surface area contributed by atoms with Gasteiger partial charge in [0, 0.05) is 25.4 Å². The number of hydrogen-bond donors (Lipinski definition) is 0. The van der Waals surface area contributed by atoms with E-state index in [1.807, 2.05) is 24.2 Å². The van der Waals surface area contributed by atoms with E-state index in [9.17, 15) is 0 Å². The third kappa shape index (κ3) is 2.58. The van der Waals surface area contributed by atoms with Gasteiger partial charge in [-0.3, -0.25) is 4.68 Å². The number of thiazole rings is 1. The van der Waals surface area contributed by atoms with Crippen LogP contribution in [-0.4, -0.2) is 24.3 Å². The molecule has 0 N–H and O–H groups in total. The van der Waals surface area contributed by atoms with Crippen molar-refractivity contribution >= 4 is 34.1 Å². The summed E-state index contributed by atoms with van der Waals surface area (Å²) >= 11 is 7.94. The first kappa shape index (κ1) is 14.5. The van der Waals surface area contributed by atoms with E-state index in [-0.39, 0.29) is 5.38 Å². The second-order valence-corrected chi connectivity index (χ2v) is 6.44. The number of halogens is 1. The SMILES string of the molecule is CCc1nn(C)c2c1nc(C(C)Cl)n2CCc1cscn1. The zero-order chi connectivity index (χ0) is 15.0. The molecule has 3 aromatic heterocycles. The smallest absolute Gasteiger partial charge is 0.158 e. The lowest BCUT2D eigenvalue weighted by Gasteiger charge is -2.10. The fraction of sp³-hybridized carbons (Fsp3) is 0.500. The molecule has 0 amide bonds. The quantitative estimate of drug-likeness (QED) is 0.677. The minimum atomic E-state index is -0.127. The first-order valence-corrected chi connectivity index (χ1v) is 8.42. The Morgan fingerprint density at radius 3 is 2.86 bits per heavy atom. The Bertz CT molecular complexity index is 741. The molecule has 3 aromatic rings. The van der Waals surface area contributed by atoms with Gasteiger partial charge in [0.2, 0.25) is 0 Å². The topological polar surface area (TPSA) is 48.5 Å². The summed E-state index contributed by atoms with van der Waals surface area (Å²) in [5.41, 5.74) is 6.01. The molecule has 0 aliphatic rings. The summed E-state index contributed by atoms with van der Waals surface area (Å²) in [6, 6.07) is 0. The summed E-state index contributed by atoms with van der Waals surface area (Å²) in [6.45, 7) is 4.87. The average molecular weight is 324 g/mol. The fourth-order valence-corrected chi connectivity index (χ4v) is 3.37. The van der Waals surface area contributed by atoms with Crippen LogP contribution in [-0.2, 0) is 26.4 Å². The lowest BCUT2D eigenvalue weighted by molar-refractivity contribution is 0.631. The highest BCUT2D eigenvalue weighted by Gasteiger charge is 2.20. The second-order valence-electron chi connectivity index (χ2n) is 5.06. The predicted octanol–water partition coefficient (Wildman–Crippen LogP) is 3.33. The van der Waals surface area contributed by atoms with E-state index in [1.165, 1.54) is 0 Å². The molecule has 0 radical (unpaired) electrons. The predicted molar refractivity (Wildman–Crippen MR) is 86.0 cm³/mol. The summed E-state index contributed by atoms with van der Waals surface area (Å²) in [5, 5.41) is 6.51. The molecule has 0 saturated carbocycles. The van der Waals surface area contributed by atoms with Crippen LogP contribution in [0.1, 0.15) is 36.4 Å². The Kier molecular flexibility index (Phi) is 3.99. The van der Waals surface area contributed by atoms with Crippen LogP contribution < -0.4 is 0 Å². The maximum atomic E-state index is 6.32. The van der Waals surface area contributed by atoms with Gasteiger partial charge in [-0.2, -0.15) is 5.10 Å². The van der Waals surface area contributed by atoms with E-state index in [0.717, 1.165) is 47.8 Å². The van der Waals surface area contributed by atoms with Crippen molar-refractivity contribution in [2.45, 2.75) is 38.6 Å². The number of nitrogens with zero attached hydrogens (tertiary/aromatic N) is 5. The van der Waals surface area contributed by atoms with Gasteiger partial charge in [-0.05, 0) is 13.3 Å². The van der Waals surface area contributed by atoms with Crippen molar-refractivity contribution in [3.8, 4) is 0 Å². The highest BCUT2D eigenvalue weighted by molar-refractivity contribution is 7.07. The Hall–Kier alpha value is -1.40. The van der Waals surface area contributed by atoms with Gasteiger partial charge in [0.1, 0.15) is 11.3 Å². The van der Waals surface area contributed by atoms with Crippen molar-refractivity contribution < 1.29 is 0 Å². The van der Waals surface area contributed by atoms with Crippen molar-refractivity contribution in [3.05, 3.63) is 28.1 Å². The van der Waals surface area contributed by atoms with Crippen molar-refractivity contribution in [3.63, 3.8) is 0 Å². The summed E-state index contributed by atoms with van der Waals surface area (Å²) in [6.07, 6.45) is 1.74. The zero-order valence-corrected chi connectivity index (χ0v) is 13.9. The molecule has 112 valence electrons. The van der Waals surface area contributed by atoms with E-state index >= 15 is 0 Å². The highest BCUT2D eigenvalue weighted by Crippen LogP contribution is 2.26. The van der Waals surface area contributed by atoms with Crippen LogP contribution in [0.2, 0.25) is 0 Å². The lowest BCUT2D eigenvalue weighted by atomic mass is 10.3. The molecule has 0 spiro atoms. The van der Waals surface area contributed by atoms with Gasteiger partial charge in [-0.15, -0.1) is 22.9 Å². The first-order valence-electron chi connectivity index (χ1n) is 7.05. The number of fused-ring (bicyclic) bond motifs is 1. The summed E-state index contributed by atoms with van der Waals surface area (Å²) in [4.78, 5) is 9.08. The summed E-state index contributed by atoms with van der Waals surface area (Å²) < 4.78 is 4.09.